The summed E-state index contributed by atoms with van der Waals surface area (Å²) in [7, 11) is 0. The van der Waals surface area contributed by atoms with Gasteiger partial charge in [-0.3, -0.25) is 4.79 Å². The number of nitrogens with zero attached hydrogens (tertiary/aromatic N) is 1. The largest absolute Gasteiger partial charge is 0.374 e. The van der Waals surface area contributed by atoms with Crippen LogP contribution in [0.25, 0.3) is 0 Å². The standard InChI is InChI=1S/C13H14BrN3OS/c1-8-7-19-13(15-8)17-12(18)9(2)16-11-5-3-10(14)4-6-11/h3-7,9,16H,1-2H3,(H,15,17,18)/t9-/m0/s1. The normalized spacial score (nSPS) is 11.9. The van der Waals surface area contributed by atoms with Crippen molar-refractivity contribution in [3.63, 3.8) is 0 Å². The van der Waals surface area contributed by atoms with Crippen LogP contribution in [0.3, 0.4) is 0 Å². The molecule has 2 N–H and O–H groups in total. The molecular formula is C13H14BrN3OS. The summed E-state index contributed by atoms with van der Waals surface area (Å²) in [5.41, 5.74) is 1.81. The third-order valence-electron chi connectivity index (χ3n) is 2.47. The van der Waals surface area contributed by atoms with Gasteiger partial charge in [-0.25, -0.2) is 4.98 Å². The van der Waals surface area contributed by atoms with E-state index in [2.05, 4.69) is 31.5 Å². The number of benzene rings is 1. The Labute approximate surface area is 124 Å². The molecule has 1 aromatic carbocycles. The molecule has 0 bridgehead atoms. The van der Waals surface area contributed by atoms with Gasteiger partial charge in [-0.15, -0.1) is 11.3 Å². The van der Waals surface area contributed by atoms with Crippen LogP contribution in [0.4, 0.5) is 10.8 Å². The maximum absolute atomic E-state index is 12.0. The second-order valence-electron chi connectivity index (χ2n) is 4.16. The third kappa shape index (κ3) is 4.04. The summed E-state index contributed by atoms with van der Waals surface area (Å²) in [5, 5.41) is 8.47. The van der Waals surface area contributed by atoms with Gasteiger partial charge in [-0.05, 0) is 38.1 Å². The number of halogens is 1. The fraction of sp³-hybridized carbons (Fsp3) is 0.231. The molecule has 0 saturated carbocycles. The highest BCUT2D eigenvalue weighted by molar-refractivity contribution is 9.10. The Balaban J connectivity index is 1.94. The first-order valence-electron chi connectivity index (χ1n) is 5.79. The first-order valence-corrected chi connectivity index (χ1v) is 7.47. The lowest BCUT2D eigenvalue weighted by atomic mass is 10.2. The Morgan fingerprint density at radius 3 is 2.63 bits per heavy atom. The van der Waals surface area contributed by atoms with E-state index < -0.39 is 0 Å². The number of anilines is 2. The molecule has 1 aromatic heterocycles. The fourth-order valence-electron chi connectivity index (χ4n) is 1.49. The highest BCUT2D eigenvalue weighted by atomic mass is 79.9. The van der Waals surface area contributed by atoms with Gasteiger partial charge in [-0.2, -0.15) is 0 Å². The Bertz CT molecular complexity index is 568. The van der Waals surface area contributed by atoms with Gasteiger partial charge < -0.3 is 10.6 Å². The minimum atomic E-state index is -0.328. The van der Waals surface area contributed by atoms with Gasteiger partial charge in [0.25, 0.3) is 0 Å². The summed E-state index contributed by atoms with van der Waals surface area (Å²) in [4.78, 5) is 16.2. The first-order chi connectivity index (χ1) is 9.04. The SMILES string of the molecule is Cc1csc(NC(=O)[C@H](C)Nc2ccc(Br)cc2)n1. The molecular weight excluding hydrogens is 326 g/mol. The molecule has 2 aromatic rings. The molecule has 0 aliphatic carbocycles. The van der Waals surface area contributed by atoms with Crippen LogP contribution in [0.5, 0.6) is 0 Å². The molecule has 1 atom stereocenters. The van der Waals surface area contributed by atoms with Crippen molar-refractivity contribution in [2.75, 3.05) is 10.6 Å². The van der Waals surface area contributed by atoms with Crippen LogP contribution in [-0.4, -0.2) is 16.9 Å². The van der Waals surface area contributed by atoms with E-state index in [1.54, 1.807) is 0 Å². The van der Waals surface area contributed by atoms with E-state index in [9.17, 15) is 4.79 Å². The fourth-order valence-corrected chi connectivity index (χ4v) is 2.44. The molecule has 0 fully saturated rings. The average Bonchev–Trinajstić information content (AvgIpc) is 2.77. The van der Waals surface area contributed by atoms with E-state index in [-0.39, 0.29) is 11.9 Å². The van der Waals surface area contributed by atoms with Gasteiger partial charge in [0.15, 0.2) is 5.13 Å². The molecule has 1 heterocycles. The number of amides is 1. The van der Waals surface area contributed by atoms with Gasteiger partial charge in [0, 0.05) is 15.5 Å². The van der Waals surface area contributed by atoms with Crippen molar-refractivity contribution in [3.05, 3.63) is 39.8 Å². The summed E-state index contributed by atoms with van der Waals surface area (Å²) in [5.74, 6) is -0.0998. The van der Waals surface area contributed by atoms with Gasteiger partial charge in [0.1, 0.15) is 6.04 Å². The number of carbonyl (C=O) groups excluding carboxylic acids is 1. The van der Waals surface area contributed by atoms with Crippen molar-refractivity contribution in [3.8, 4) is 0 Å². The topological polar surface area (TPSA) is 54.0 Å². The number of carbonyl (C=O) groups is 1. The maximum atomic E-state index is 12.0. The first kappa shape index (κ1) is 14.0. The summed E-state index contributed by atoms with van der Waals surface area (Å²) in [6, 6.07) is 7.36. The monoisotopic (exact) mass is 339 g/mol. The third-order valence-corrected chi connectivity index (χ3v) is 3.87. The zero-order chi connectivity index (χ0) is 13.8. The predicted octanol–water partition coefficient (Wildman–Crippen LogP) is 3.65. The molecule has 0 unspecified atom stereocenters. The van der Waals surface area contributed by atoms with Crippen molar-refractivity contribution < 1.29 is 4.79 Å². The molecule has 6 heteroatoms. The van der Waals surface area contributed by atoms with E-state index >= 15 is 0 Å². The molecule has 0 spiro atoms. The minimum absolute atomic E-state index is 0.0998. The second-order valence-corrected chi connectivity index (χ2v) is 5.93. The minimum Gasteiger partial charge on any atom is -0.374 e. The van der Waals surface area contributed by atoms with Crippen molar-refractivity contribution in [2.45, 2.75) is 19.9 Å². The maximum Gasteiger partial charge on any atom is 0.248 e. The quantitative estimate of drug-likeness (QED) is 0.893. The van der Waals surface area contributed by atoms with Crippen molar-refractivity contribution in [1.29, 1.82) is 0 Å². The van der Waals surface area contributed by atoms with Crippen molar-refractivity contribution >= 4 is 44.0 Å². The molecule has 19 heavy (non-hydrogen) atoms. The van der Waals surface area contributed by atoms with Gasteiger partial charge in [0.2, 0.25) is 5.91 Å². The Kier molecular flexibility index (Phi) is 4.55. The average molecular weight is 340 g/mol. The summed E-state index contributed by atoms with van der Waals surface area (Å²) >= 11 is 4.80. The summed E-state index contributed by atoms with van der Waals surface area (Å²) < 4.78 is 1.01. The van der Waals surface area contributed by atoms with Crippen LogP contribution < -0.4 is 10.6 Å². The lowest BCUT2D eigenvalue weighted by molar-refractivity contribution is -0.116. The molecule has 2 rings (SSSR count). The van der Waals surface area contributed by atoms with E-state index in [4.69, 9.17) is 0 Å². The van der Waals surface area contributed by atoms with Crippen LogP contribution in [-0.2, 0) is 4.79 Å². The Hall–Kier alpha value is -1.40. The molecule has 0 radical (unpaired) electrons. The van der Waals surface area contributed by atoms with Crippen LogP contribution in [0.15, 0.2) is 34.1 Å². The number of rotatable bonds is 4. The molecule has 0 saturated heterocycles. The Morgan fingerprint density at radius 1 is 1.37 bits per heavy atom. The zero-order valence-electron chi connectivity index (χ0n) is 10.6. The van der Waals surface area contributed by atoms with E-state index in [1.807, 2.05) is 43.5 Å². The molecule has 0 aliphatic rings. The number of hydrogen-bond acceptors (Lipinski definition) is 4. The molecule has 100 valence electrons. The van der Waals surface area contributed by atoms with Crippen molar-refractivity contribution in [2.24, 2.45) is 0 Å². The number of hydrogen-bond donors (Lipinski definition) is 2. The van der Waals surface area contributed by atoms with Crippen LogP contribution >= 0.6 is 27.3 Å². The van der Waals surface area contributed by atoms with Crippen LogP contribution in [0.2, 0.25) is 0 Å². The highest BCUT2D eigenvalue weighted by Gasteiger charge is 2.14. The van der Waals surface area contributed by atoms with Crippen LogP contribution in [0.1, 0.15) is 12.6 Å². The molecule has 1 amide bonds. The second kappa shape index (κ2) is 6.16. The lowest BCUT2D eigenvalue weighted by Gasteiger charge is -2.14. The highest BCUT2D eigenvalue weighted by Crippen LogP contribution is 2.17. The number of nitrogens with one attached hydrogen (secondary N) is 2. The van der Waals surface area contributed by atoms with E-state index in [0.717, 1.165) is 15.9 Å². The van der Waals surface area contributed by atoms with E-state index in [1.165, 1.54) is 11.3 Å². The predicted molar refractivity (Wildman–Crippen MR) is 82.7 cm³/mol. The van der Waals surface area contributed by atoms with E-state index in [0.29, 0.717) is 5.13 Å². The van der Waals surface area contributed by atoms with Gasteiger partial charge >= 0.3 is 0 Å². The van der Waals surface area contributed by atoms with Gasteiger partial charge in [-0.1, -0.05) is 15.9 Å². The Morgan fingerprint density at radius 2 is 2.05 bits per heavy atom. The summed E-state index contributed by atoms with van der Waals surface area (Å²) in [6.07, 6.45) is 0. The molecule has 0 aliphatic heterocycles. The zero-order valence-corrected chi connectivity index (χ0v) is 13.0. The van der Waals surface area contributed by atoms with Crippen LogP contribution in [0, 0.1) is 6.92 Å². The number of aryl methyl sites for hydroxylation is 1. The number of thiazole rings is 1. The van der Waals surface area contributed by atoms with Crippen molar-refractivity contribution in [1.82, 2.24) is 4.98 Å². The van der Waals surface area contributed by atoms with Gasteiger partial charge in [0.05, 0.1) is 5.69 Å². The number of aromatic nitrogens is 1. The lowest BCUT2D eigenvalue weighted by Crippen LogP contribution is -2.31. The molecule has 4 nitrogen and oxygen atoms in total. The smallest absolute Gasteiger partial charge is 0.248 e. The summed E-state index contributed by atoms with van der Waals surface area (Å²) in [6.45, 7) is 3.72.